The van der Waals surface area contributed by atoms with E-state index in [1.807, 2.05) is 18.2 Å². The zero-order valence-electron chi connectivity index (χ0n) is 18.7. The Morgan fingerprint density at radius 2 is 2.00 bits per heavy atom. The number of aromatic amines is 2. The van der Waals surface area contributed by atoms with Gasteiger partial charge in [-0.25, -0.2) is 4.98 Å². The van der Waals surface area contributed by atoms with Crippen molar-refractivity contribution in [2.45, 2.75) is 32.9 Å². The van der Waals surface area contributed by atoms with Crippen molar-refractivity contribution in [2.24, 2.45) is 0 Å². The Labute approximate surface area is 192 Å². The number of morpholine rings is 1. The van der Waals surface area contributed by atoms with E-state index < -0.39 is 0 Å². The molecule has 0 bridgehead atoms. The fourth-order valence-corrected chi connectivity index (χ4v) is 4.69. The number of hydrogen-bond donors (Lipinski definition) is 2. The number of ether oxygens (including phenoxy) is 1. The van der Waals surface area contributed by atoms with Gasteiger partial charge in [0.25, 0.3) is 0 Å². The third kappa shape index (κ3) is 3.96. The van der Waals surface area contributed by atoms with Crippen LogP contribution in [0.2, 0.25) is 5.02 Å². The molecule has 32 heavy (non-hydrogen) atoms. The third-order valence-corrected chi connectivity index (χ3v) is 6.64. The maximum atomic E-state index is 6.14. The van der Waals surface area contributed by atoms with Gasteiger partial charge < -0.3 is 19.5 Å². The average Bonchev–Trinajstić information content (AvgIpc) is 3.41. The van der Waals surface area contributed by atoms with Crippen molar-refractivity contribution in [3.05, 3.63) is 41.4 Å². The van der Waals surface area contributed by atoms with Gasteiger partial charge in [0.05, 0.1) is 29.3 Å². The standard InChI is InChI=1S/C24H29ClN6O/c1-4-30(5-2)12-18-13-31(15(3)14-32-18)17-7-9-20-22(11-17)27-24(26-20)23-19-8-6-16(25)10-21(19)28-29-23/h6-11,15,18H,4-5,12-14H2,1-3H3,(H,26,27)(H,28,29)/t15-,18+/m1/s1. The zero-order chi connectivity index (χ0) is 22.2. The Morgan fingerprint density at radius 3 is 2.81 bits per heavy atom. The van der Waals surface area contributed by atoms with Crippen LogP contribution in [0.5, 0.6) is 0 Å². The number of fused-ring (bicyclic) bond motifs is 2. The minimum absolute atomic E-state index is 0.210. The van der Waals surface area contributed by atoms with E-state index in [0.717, 1.165) is 66.2 Å². The summed E-state index contributed by atoms with van der Waals surface area (Å²) >= 11 is 6.11. The Morgan fingerprint density at radius 1 is 1.16 bits per heavy atom. The van der Waals surface area contributed by atoms with Crippen molar-refractivity contribution >= 4 is 39.2 Å². The van der Waals surface area contributed by atoms with E-state index in [9.17, 15) is 0 Å². The minimum atomic E-state index is 0.210. The van der Waals surface area contributed by atoms with Crippen molar-refractivity contribution in [3.63, 3.8) is 0 Å². The largest absolute Gasteiger partial charge is 0.373 e. The molecule has 2 aromatic heterocycles. The number of aromatic nitrogens is 4. The van der Waals surface area contributed by atoms with Gasteiger partial charge in [-0.15, -0.1) is 0 Å². The number of H-pyrrole nitrogens is 2. The summed E-state index contributed by atoms with van der Waals surface area (Å²) in [4.78, 5) is 13.1. The summed E-state index contributed by atoms with van der Waals surface area (Å²) in [5, 5.41) is 9.20. The van der Waals surface area contributed by atoms with Crippen molar-refractivity contribution in [2.75, 3.05) is 37.7 Å². The van der Waals surface area contributed by atoms with Crippen LogP contribution in [-0.4, -0.2) is 70.0 Å². The molecule has 1 fully saturated rings. The lowest BCUT2D eigenvalue weighted by atomic mass is 10.1. The molecule has 8 heteroatoms. The monoisotopic (exact) mass is 452 g/mol. The second kappa shape index (κ2) is 8.73. The number of nitrogens with zero attached hydrogens (tertiary/aromatic N) is 4. The van der Waals surface area contributed by atoms with E-state index in [1.54, 1.807) is 0 Å². The molecule has 0 amide bonds. The molecule has 2 aromatic carbocycles. The van der Waals surface area contributed by atoms with Gasteiger partial charge in [0.1, 0.15) is 5.69 Å². The maximum absolute atomic E-state index is 6.14. The molecular weight excluding hydrogens is 424 g/mol. The molecule has 7 nitrogen and oxygen atoms in total. The normalized spacial score (nSPS) is 19.5. The molecule has 1 saturated heterocycles. The summed E-state index contributed by atoms with van der Waals surface area (Å²) in [6.07, 6.45) is 0.210. The molecular formula is C24H29ClN6O. The molecule has 5 rings (SSSR count). The number of nitrogens with one attached hydrogen (secondary N) is 2. The summed E-state index contributed by atoms with van der Waals surface area (Å²) in [6.45, 7) is 11.3. The minimum Gasteiger partial charge on any atom is -0.373 e. The van der Waals surface area contributed by atoms with Crippen molar-refractivity contribution in [1.29, 1.82) is 0 Å². The van der Waals surface area contributed by atoms with Crippen LogP contribution in [0.3, 0.4) is 0 Å². The molecule has 0 spiro atoms. The van der Waals surface area contributed by atoms with Crippen LogP contribution in [0.15, 0.2) is 36.4 Å². The van der Waals surface area contributed by atoms with Gasteiger partial charge in [-0.05, 0) is 56.4 Å². The van der Waals surface area contributed by atoms with Crippen LogP contribution >= 0.6 is 11.6 Å². The first-order valence-electron chi connectivity index (χ1n) is 11.3. The van der Waals surface area contributed by atoms with Gasteiger partial charge in [0, 0.05) is 35.2 Å². The van der Waals surface area contributed by atoms with E-state index in [4.69, 9.17) is 21.3 Å². The third-order valence-electron chi connectivity index (χ3n) is 6.41. The Bertz CT molecular complexity index is 1230. The van der Waals surface area contributed by atoms with Crippen LogP contribution in [0.1, 0.15) is 20.8 Å². The lowest BCUT2D eigenvalue weighted by molar-refractivity contribution is 0.00265. The number of likely N-dealkylation sites (N-methyl/N-ethyl adjacent to an activating group) is 1. The van der Waals surface area contributed by atoms with Gasteiger partial charge in [-0.3, -0.25) is 5.10 Å². The van der Waals surface area contributed by atoms with Gasteiger partial charge in [-0.1, -0.05) is 25.4 Å². The smallest absolute Gasteiger partial charge is 0.159 e. The maximum Gasteiger partial charge on any atom is 0.159 e. The summed E-state index contributed by atoms with van der Waals surface area (Å²) in [7, 11) is 0. The number of benzene rings is 2. The molecule has 4 aromatic rings. The Kier molecular flexibility index (Phi) is 5.80. The van der Waals surface area contributed by atoms with E-state index >= 15 is 0 Å². The van der Waals surface area contributed by atoms with Gasteiger partial charge in [0.2, 0.25) is 0 Å². The van der Waals surface area contributed by atoms with Crippen LogP contribution in [0.4, 0.5) is 5.69 Å². The van der Waals surface area contributed by atoms with Crippen LogP contribution in [-0.2, 0) is 4.74 Å². The topological polar surface area (TPSA) is 73.1 Å². The first kappa shape index (κ1) is 21.2. The predicted molar refractivity (Wildman–Crippen MR) is 131 cm³/mol. The van der Waals surface area contributed by atoms with E-state index in [2.05, 4.69) is 64.0 Å². The molecule has 0 aliphatic carbocycles. The lowest BCUT2D eigenvalue weighted by Crippen LogP contribution is -2.52. The lowest BCUT2D eigenvalue weighted by Gasteiger charge is -2.41. The Balaban J connectivity index is 1.43. The zero-order valence-corrected chi connectivity index (χ0v) is 19.5. The molecule has 1 aliphatic rings. The van der Waals surface area contributed by atoms with Crippen LogP contribution in [0, 0.1) is 0 Å². The highest BCUT2D eigenvalue weighted by Gasteiger charge is 2.27. The SMILES string of the molecule is CCN(CC)C[C@H]1CN(c2ccc3nc(-c4n[nH]c5cc(Cl)ccc45)[nH]c3c2)[C@H](C)CO1. The van der Waals surface area contributed by atoms with Gasteiger partial charge in [-0.2, -0.15) is 5.10 Å². The van der Waals surface area contributed by atoms with E-state index in [0.29, 0.717) is 11.1 Å². The summed E-state index contributed by atoms with van der Waals surface area (Å²) in [5.74, 6) is 0.750. The fraction of sp³-hybridized carbons (Fsp3) is 0.417. The highest BCUT2D eigenvalue weighted by Crippen LogP contribution is 2.30. The summed E-state index contributed by atoms with van der Waals surface area (Å²) in [5.41, 5.74) is 4.81. The Hall–Kier alpha value is -2.61. The van der Waals surface area contributed by atoms with Crippen molar-refractivity contribution in [3.8, 4) is 11.5 Å². The van der Waals surface area contributed by atoms with Crippen LogP contribution in [0.25, 0.3) is 33.5 Å². The van der Waals surface area contributed by atoms with Gasteiger partial charge >= 0.3 is 0 Å². The number of rotatable bonds is 6. The fourth-order valence-electron chi connectivity index (χ4n) is 4.52. The van der Waals surface area contributed by atoms with Crippen LogP contribution < -0.4 is 4.90 Å². The second-order valence-corrected chi connectivity index (χ2v) is 8.93. The molecule has 3 heterocycles. The average molecular weight is 453 g/mol. The second-order valence-electron chi connectivity index (χ2n) is 8.49. The molecule has 2 atom stereocenters. The molecule has 2 N–H and O–H groups in total. The highest BCUT2D eigenvalue weighted by atomic mass is 35.5. The van der Waals surface area contributed by atoms with Crippen molar-refractivity contribution < 1.29 is 4.74 Å². The van der Waals surface area contributed by atoms with E-state index in [-0.39, 0.29) is 6.10 Å². The highest BCUT2D eigenvalue weighted by molar-refractivity contribution is 6.31. The number of anilines is 1. The molecule has 1 aliphatic heterocycles. The number of halogens is 1. The number of hydrogen-bond acceptors (Lipinski definition) is 5. The molecule has 0 unspecified atom stereocenters. The molecule has 168 valence electrons. The molecule has 0 saturated carbocycles. The quantitative estimate of drug-likeness (QED) is 0.443. The summed E-state index contributed by atoms with van der Waals surface area (Å²) < 4.78 is 6.14. The number of imidazole rings is 1. The first-order valence-corrected chi connectivity index (χ1v) is 11.7. The summed E-state index contributed by atoms with van der Waals surface area (Å²) in [6, 6.07) is 12.5. The van der Waals surface area contributed by atoms with E-state index in [1.165, 1.54) is 5.69 Å². The predicted octanol–water partition coefficient (Wildman–Crippen LogP) is 4.70. The van der Waals surface area contributed by atoms with Gasteiger partial charge in [0.15, 0.2) is 5.82 Å². The van der Waals surface area contributed by atoms with Crippen molar-refractivity contribution in [1.82, 2.24) is 25.1 Å². The molecule has 0 radical (unpaired) electrons. The first-order chi connectivity index (χ1) is 15.6.